The van der Waals surface area contributed by atoms with E-state index in [-0.39, 0.29) is 17.3 Å². The van der Waals surface area contributed by atoms with Crippen LogP contribution in [0.3, 0.4) is 0 Å². The lowest BCUT2D eigenvalue weighted by Gasteiger charge is -2.26. The predicted octanol–water partition coefficient (Wildman–Crippen LogP) is 7.09. The van der Waals surface area contributed by atoms with E-state index in [0.717, 1.165) is 11.4 Å². The molecule has 0 aliphatic carbocycles. The van der Waals surface area contributed by atoms with Crippen molar-refractivity contribution in [2.75, 3.05) is 15.8 Å². The molecule has 5 rings (SSSR count). The van der Waals surface area contributed by atoms with Gasteiger partial charge in [-0.2, -0.15) is 0 Å². The van der Waals surface area contributed by atoms with Crippen molar-refractivity contribution in [2.24, 2.45) is 0 Å². The first-order chi connectivity index (χ1) is 18.2. The van der Waals surface area contributed by atoms with E-state index >= 15 is 0 Å². The van der Waals surface area contributed by atoms with E-state index in [1.165, 1.54) is 6.33 Å². The molecule has 0 amide bonds. The second kappa shape index (κ2) is 10.9. The highest BCUT2D eigenvalue weighted by atomic mass is 16.6. The molecule has 5 aromatic rings. The van der Waals surface area contributed by atoms with Crippen molar-refractivity contribution in [2.45, 2.75) is 0 Å². The fourth-order valence-electron chi connectivity index (χ4n) is 3.63. The smallest absolute Gasteiger partial charge is 0.355 e. The summed E-state index contributed by atoms with van der Waals surface area (Å²) in [5.74, 6) is 1.45. The summed E-state index contributed by atoms with van der Waals surface area (Å²) in [6.45, 7) is 0. The molecule has 9 nitrogen and oxygen atoms in total. The molecule has 0 saturated carbocycles. The van der Waals surface area contributed by atoms with Crippen LogP contribution in [-0.4, -0.2) is 14.9 Å². The Labute approximate surface area is 213 Å². The molecule has 4 aromatic carbocycles. The summed E-state index contributed by atoms with van der Waals surface area (Å²) in [5.41, 5.74) is 4.99. The second-order valence-electron chi connectivity index (χ2n) is 7.86. The van der Waals surface area contributed by atoms with Crippen LogP contribution in [0.15, 0.2) is 122 Å². The van der Waals surface area contributed by atoms with Gasteiger partial charge in [0.25, 0.3) is 0 Å². The number of rotatable bonds is 9. The van der Waals surface area contributed by atoms with Crippen LogP contribution in [0.4, 0.5) is 34.4 Å². The molecule has 182 valence electrons. The molecule has 2 N–H and O–H groups in total. The molecular weight excluding hydrogens is 468 g/mol. The number of benzene rings is 4. The number of aromatic nitrogens is 2. The van der Waals surface area contributed by atoms with Gasteiger partial charge in [-0.25, -0.2) is 9.97 Å². The lowest BCUT2D eigenvalue weighted by atomic mass is 10.2. The zero-order valence-electron chi connectivity index (χ0n) is 19.6. The van der Waals surface area contributed by atoms with Crippen molar-refractivity contribution in [1.29, 1.82) is 0 Å². The molecule has 0 aliphatic rings. The van der Waals surface area contributed by atoms with Gasteiger partial charge in [0.15, 0.2) is 0 Å². The maximum absolute atomic E-state index is 12.2. The van der Waals surface area contributed by atoms with Crippen LogP contribution < -0.4 is 20.5 Å². The number of nitrogens with one attached hydrogen (secondary N) is 2. The van der Waals surface area contributed by atoms with Crippen LogP contribution in [-0.2, 0) is 0 Å². The molecule has 0 aliphatic heterocycles. The summed E-state index contributed by atoms with van der Waals surface area (Å²) < 4.78 is 5.82. The number of hydrogen-bond acceptors (Lipinski definition) is 8. The Morgan fingerprint density at radius 3 is 1.76 bits per heavy atom. The first kappa shape index (κ1) is 23.3. The van der Waals surface area contributed by atoms with Gasteiger partial charge in [0.2, 0.25) is 11.6 Å². The monoisotopic (exact) mass is 490 g/mol. The van der Waals surface area contributed by atoms with E-state index in [2.05, 4.69) is 20.7 Å². The summed E-state index contributed by atoms with van der Waals surface area (Å²) in [4.78, 5) is 20.0. The zero-order valence-corrected chi connectivity index (χ0v) is 19.6. The maximum Gasteiger partial charge on any atom is 0.355 e. The molecule has 1 aromatic heterocycles. The average Bonchev–Trinajstić information content (AvgIpc) is 2.94. The minimum absolute atomic E-state index is 0.0410. The summed E-state index contributed by atoms with van der Waals surface area (Å²) >= 11 is 0. The third-order valence-electron chi connectivity index (χ3n) is 5.35. The fourth-order valence-corrected chi connectivity index (χ4v) is 3.63. The van der Waals surface area contributed by atoms with E-state index < -0.39 is 4.92 Å². The lowest BCUT2D eigenvalue weighted by Crippen LogP contribution is -2.26. The van der Waals surface area contributed by atoms with Crippen molar-refractivity contribution in [3.63, 3.8) is 0 Å². The molecule has 0 bridgehead atoms. The van der Waals surface area contributed by atoms with Gasteiger partial charge in [0.05, 0.1) is 16.3 Å². The molecule has 37 heavy (non-hydrogen) atoms. The molecule has 0 saturated heterocycles. The largest absolute Gasteiger partial charge is 0.457 e. The van der Waals surface area contributed by atoms with Gasteiger partial charge in [-0.05, 0) is 60.7 Å². The Kier molecular flexibility index (Phi) is 6.85. The van der Waals surface area contributed by atoms with E-state index in [0.29, 0.717) is 17.2 Å². The molecule has 0 spiro atoms. The quantitative estimate of drug-likeness (QED) is 0.167. The van der Waals surface area contributed by atoms with Crippen molar-refractivity contribution >= 4 is 34.4 Å². The van der Waals surface area contributed by atoms with Crippen molar-refractivity contribution in [1.82, 2.24) is 9.97 Å². The van der Waals surface area contributed by atoms with Crippen molar-refractivity contribution in [3.05, 3.63) is 132 Å². The number of hydrazine groups is 1. The Hall–Kier alpha value is -5.44. The number of nitro groups is 1. The number of nitrogens with zero attached hydrogens (tertiary/aromatic N) is 4. The van der Waals surface area contributed by atoms with E-state index in [1.54, 1.807) is 29.3 Å². The van der Waals surface area contributed by atoms with Gasteiger partial charge in [-0.3, -0.25) is 20.5 Å². The third kappa shape index (κ3) is 5.63. The van der Waals surface area contributed by atoms with Gasteiger partial charge in [0, 0.05) is 5.69 Å². The lowest BCUT2D eigenvalue weighted by molar-refractivity contribution is -0.383. The molecule has 0 atom stereocenters. The van der Waals surface area contributed by atoms with Gasteiger partial charge in [-0.15, -0.1) is 0 Å². The fraction of sp³-hybridized carbons (Fsp3) is 0. The normalized spacial score (nSPS) is 10.4. The number of ether oxygens (including phenoxy) is 1. The molecule has 0 unspecified atom stereocenters. The standard InChI is InChI=1S/C28H22N6O3/c35-34(36)26-27(31-21-16-18-25(19-17-21)37-24-14-8-3-9-15-24)29-20-30-28(26)32-33(22-10-4-1-5-11-22)23-12-6-2-7-13-23/h1-20H,(H2,29,30,31,32). The summed E-state index contributed by atoms with van der Waals surface area (Å²) in [6.07, 6.45) is 1.28. The number of anilines is 5. The van der Waals surface area contributed by atoms with E-state index in [4.69, 9.17) is 4.74 Å². The molecule has 0 radical (unpaired) electrons. The zero-order chi connectivity index (χ0) is 25.5. The number of para-hydroxylation sites is 3. The van der Waals surface area contributed by atoms with Crippen LogP contribution in [0.5, 0.6) is 11.5 Å². The number of hydrogen-bond donors (Lipinski definition) is 2. The first-order valence-electron chi connectivity index (χ1n) is 11.4. The molecular formula is C28H22N6O3. The SMILES string of the molecule is O=[N+]([O-])c1c(Nc2ccc(Oc3ccccc3)cc2)ncnc1NN(c1ccccc1)c1ccccc1. The van der Waals surface area contributed by atoms with Gasteiger partial charge < -0.3 is 10.1 Å². The van der Waals surface area contributed by atoms with Crippen LogP contribution >= 0.6 is 0 Å². The topological polar surface area (TPSA) is 105 Å². The van der Waals surface area contributed by atoms with E-state index in [1.807, 2.05) is 91.0 Å². The highest BCUT2D eigenvalue weighted by molar-refractivity contribution is 5.77. The van der Waals surface area contributed by atoms with Gasteiger partial charge in [0.1, 0.15) is 17.8 Å². The van der Waals surface area contributed by atoms with Crippen LogP contribution in [0, 0.1) is 10.1 Å². The Bertz CT molecular complexity index is 1430. The molecule has 0 fully saturated rings. The predicted molar refractivity (Wildman–Crippen MR) is 144 cm³/mol. The minimum Gasteiger partial charge on any atom is -0.457 e. The highest BCUT2D eigenvalue weighted by Crippen LogP contribution is 2.34. The van der Waals surface area contributed by atoms with Crippen molar-refractivity contribution in [3.8, 4) is 11.5 Å². The Morgan fingerprint density at radius 2 is 1.19 bits per heavy atom. The molecule has 9 heteroatoms. The minimum atomic E-state index is -0.508. The average molecular weight is 491 g/mol. The maximum atomic E-state index is 12.2. The van der Waals surface area contributed by atoms with Crippen molar-refractivity contribution < 1.29 is 9.66 Å². The van der Waals surface area contributed by atoms with Crippen LogP contribution in [0.2, 0.25) is 0 Å². The Morgan fingerprint density at radius 1 is 0.676 bits per heavy atom. The highest BCUT2D eigenvalue weighted by Gasteiger charge is 2.25. The van der Waals surface area contributed by atoms with Gasteiger partial charge >= 0.3 is 5.69 Å². The summed E-state index contributed by atoms with van der Waals surface area (Å²) in [6, 6.07) is 35.4. The second-order valence-corrected chi connectivity index (χ2v) is 7.86. The summed E-state index contributed by atoms with van der Waals surface area (Å²) in [7, 11) is 0. The van der Waals surface area contributed by atoms with E-state index in [9.17, 15) is 10.1 Å². The van der Waals surface area contributed by atoms with Crippen LogP contribution in [0.25, 0.3) is 0 Å². The van der Waals surface area contributed by atoms with Gasteiger partial charge in [-0.1, -0.05) is 54.6 Å². The molecule has 1 heterocycles. The third-order valence-corrected chi connectivity index (χ3v) is 5.35. The first-order valence-corrected chi connectivity index (χ1v) is 11.4. The summed E-state index contributed by atoms with van der Waals surface area (Å²) in [5, 5.41) is 16.9. The Balaban J connectivity index is 1.42. The van der Waals surface area contributed by atoms with Crippen LogP contribution in [0.1, 0.15) is 0 Å².